The summed E-state index contributed by atoms with van der Waals surface area (Å²) in [4.78, 5) is 29.8. The smallest absolute Gasteiger partial charge is 0.325 e. The van der Waals surface area contributed by atoms with Crippen LogP contribution in [0.1, 0.15) is 22.3 Å². The Morgan fingerprint density at radius 3 is 2.50 bits per heavy atom. The number of amides is 1. The fraction of sp³-hybridized carbons (Fsp3) is 0.222. The van der Waals surface area contributed by atoms with Gasteiger partial charge in [-0.2, -0.15) is 4.99 Å². The second kappa shape index (κ2) is 10.4. The predicted molar refractivity (Wildman–Crippen MR) is 144 cm³/mol. The average Bonchev–Trinajstić information content (AvgIpc) is 3.29. The number of para-hydroxylation sites is 2. The van der Waals surface area contributed by atoms with Crippen molar-refractivity contribution in [3.05, 3.63) is 82.7 Å². The lowest BCUT2D eigenvalue weighted by Crippen LogP contribution is -2.35. The van der Waals surface area contributed by atoms with Crippen LogP contribution in [0.25, 0.3) is 10.2 Å². The molecule has 9 nitrogen and oxygen atoms in total. The van der Waals surface area contributed by atoms with Crippen LogP contribution in [0, 0.1) is 0 Å². The fourth-order valence-corrected chi connectivity index (χ4v) is 7.07. The highest BCUT2D eigenvalue weighted by Gasteiger charge is 2.29. The van der Waals surface area contributed by atoms with E-state index in [2.05, 4.69) is 4.99 Å². The van der Waals surface area contributed by atoms with Crippen LogP contribution in [-0.2, 0) is 32.5 Å². The number of hydrogen-bond donors (Lipinski definition) is 0. The fourth-order valence-electron chi connectivity index (χ4n) is 4.48. The molecular weight excluding hydrogens is 526 g/mol. The van der Waals surface area contributed by atoms with Gasteiger partial charge in [0.2, 0.25) is 0 Å². The number of sulfonamides is 1. The summed E-state index contributed by atoms with van der Waals surface area (Å²) < 4.78 is 40.9. The number of aryl methyl sites for hydroxylation is 1. The first-order valence-electron chi connectivity index (χ1n) is 11.9. The van der Waals surface area contributed by atoms with Crippen LogP contribution in [0.3, 0.4) is 0 Å². The van der Waals surface area contributed by atoms with Gasteiger partial charge >= 0.3 is 5.97 Å². The molecule has 0 radical (unpaired) electrons. The molecule has 1 aliphatic heterocycles. The molecule has 0 saturated carbocycles. The van der Waals surface area contributed by atoms with Gasteiger partial charge in [-0.3, -0.25) is 13.9 Å². The molecule has 0 fully saturated rings. The topological polar surface area (TPSA) is 107 Å². The van der Waals surface area contributed by atoms with E-state index in [0.29, 0.717) is 28.3 Å². The molecule has 196 valence electrons. The quantitative estimate of drug-likeness (QED) is 0.338. The van der Waals surface area contributed by atoms with Crippen molar-refractivity contribution in [2.24, 2.45) is 4.99 Å². The maximum Gasteiger partial charge on any atom is 0.325 e. The first-order chi connectivity index (χ1) is 18.3. The van der Waals surface area contributed by atoms with E-state index < -0.39 is 21.9 Å². The van der Waals surface area contributed by atoms with Gasteiger partial charge in [0.25, 0.3) is 15.9 Å². The Hall–Kier alpha value is -3.96. The molecule has 4 aromatic rings. The lowest BCUT2D eigenvalue weighted by Gasteiger charge is -2.30. The summed E-state index contributed by atoms with van der Waals surface area (Å²) in [6.07, 6.45) is 1.56. The summed E-state index contributed by atoms with van der Waals surface area (Å²) >= 11 is 1.23. The summed E-state index contributed by atoms with van der Waals surface area (Å²) in [6.45, 7) is 0.239. The molecule has 38 heavy (non-hydrogen) atoms. The Morgan fingerprint density at radius 1 is 1.00 bits per heavy atom. The number of thiazole rings is 1. The van der Waals surface area contributed by atoms with E-state index in [0.717, 1.165) is 23.1 Å². The molecule has 0 atom stereocenters. The van der Waals surface area contributed by atoms with E-state index in [1.54, 1.807) is 10.6 Å². The van der Waals surface area contributed by atoms with Crippen molar-refractivity contribution in [1.82, 2.24) is 4.57 Å². The molecule has 1 aliphatic rings. The van der Waals surface area contributed by atoms with Crippen LogP contribution < -0.4 is 13.8 Å². The summed E-state index contributed by atoms with van der Waals surface area (Å²) in [5, 5.41) is 0. The van der Waals surface area contributed by atoms with Gasteiger partial charge in [0.15, 0.2) is 4.80 Å². The number of anilines is 1. The number of ether oxygens (including phenoxy) is 2. The Balaban J connectivity index is 1.49. The van der Waals surface area contributed by atoms with Crippen molar-refractivity contribution in [2.45, 2.75) is 24.3 Å². The number of fused-ring (bicyclic) bond motifs is 2. The van der Waals surface area contributed by atoms with Gasteiger partial charge < -0.3 is 14.0 Å². The third-order valence-electron chi connectivity index (χ3n) is 6.35. The molecule has 5 rings (SSSR count). The summed E-state index contributed by atoms with van der Waals surface area (Å²) in [7, 11) is -0.992. The Kier molecular flexibility index (Phi) is 7.04. The first kappa shape index (κ1) is 25.7. The molecule has 3 aromatic carbocycles. The molecule has 0 spiro atoms. The van der Waals surface area contributed by atoms with Crippen LogP contribution in [-0.4, -0.2) is 45.6 Å². The zero-order valence-electron chi connectivity index (χ0n) is 20.8. The highest BCUT2D eigenvalue weighted by molar-refractivity contribution is 7.92. The molecular formula is C27H25N3O6S2. The standard InChI is InChI=1S/C27H25N3O6S2/c1-35-22-10-5-11-23-25(22)29(17-24(31)36-2)27(37-23)28-26(32)19-12-14-20(15-13-19)38(33,34)30-16-6-8-18-7-3-4-9-21(18)30/h3-5,7,9-15H,6,8,16-17H2,1-2H3. The van der Waals surface area contributed by atoms with Crippen molar-refractivity contribution in [2.75, 3.05) is 25.1 Å². The normalized spacial score (nSPS) is 13.8. The number of benzene rings is 3. The number of aromatic nitrogens is 1. The van der Waals surface area contributed by atoms with Gasteiger partial charge in [0, 0.05) is 12.1 Å². The third-order valence-corrected chi connectivity index (χ3v) is 9.22. The highest BCUT2D eigenvalue weighted by atomic mass is 32.2. The maximum atomic E-state index is 13.4. The zero-order chi connectivity index (χ0) is 26.9. The van der Waals surface area contributed by atoms with Gasteiger partial charge in [0.1, 0.15) is 17.8 Å². The largest absolute Gasteiger partial charge is 0.495 e. The molecule has 0 unspecified atom stereocenters. The molecule has 0 bridgehead atoms. The van der Waals surface area contributed by atoms with Crippen molar-refractivity contribution < 1.29 is 27.5 Å². The summed E-state index contributed by atoms with van der Waals surface area (Å²) in [6, 6.07) is 18.6. The first-order valence-corrected chi connectivity index (χ1v) is 14.1. The second-order valence-corrected chi connectivity index (χ2v) is 11.5. The summed E-state index contributed by atoms with van der Waals surface area (Å²) in [5.74, 6) is -0.537. The molecule has 1 amide bonds. The van der Waals surface area contributed by atoms with Crippen LogP contribution in [0.4, 0.5) is 5.69 Å². The monoisotopic (exact) mass is 551 g/mol. The van der Waals surface area contributed by atoms with Gasteiger partial charge in [-0.05, 0) is 60.9 Å². The van der Waals surface area contributed by atoms with Gasteiger partial charge in [-0.15, -0.1) is 0 Å². The molecule has 0 N–H and O–H groups in total. The summed E-state index contributed by atoms with van der Waals surface area (Å²) in [5.41, 5.74) is 2.52. The predicted octanol–water partition coefficient (Wildman–Crippen LogP) is 3.77. The zero-order valence-corrected chi connectivity index (χ0v) is 22.4. The van der Waals surface area contributed by atoms with Crippen molar-refractivity contribution >= 4 is 49.1 Å². The van der Waals surface area contributed by atoms with E-state index in [9.17, 15) is 18.0 Å². The number of hydrogen-bond acceptors (Lipinski definition) is 7. The molecule has 0 aliphatic carbocycles. The van der Waals surface area contributed by atoms with E-state index in [1.165, 1.54) is 54.1 Å². The number of carbonyl (C=O) groups excluding carboxylic acids is 2. The number of carbonyl (C=O) groups is 2. The SMILES string of the molecule is COC(=O)Cn1c(=NC(=O)c2ccc(S(=O)(=O)N3CCCc4ccccc43)cc2)sc2cccc(OC)c21. The van der Waals surface area contributed by atoms with Crippen LogP contribution in [0.5, 0.6) is 5.75 Å². The molecule has 0 saturated heterocycles. The highest BCUT2D eigenvalue weighted by Crippen LogP contribution is 2.32. The van der Waals surface area contributed by atoms with E-state index in [4.69, 9.17) is 9.47 Å². The maximum absolute atomic E-state index is 13.4. The van der Waals surface area contributed by atoms with E-state index in [-0.39, 0.29) is 17.0 Å². The lowest BCUT2D eigenvalue weighted by atomic mass is 10.0. The average molecular weight is 552 g/mol. The number of rotatable bonds is 6. The molecule has 2 heterocycles. The molecule has 11 heteroatoms. The van der Waals surface area contributed by atoms with Crippen LogP contribution >= 0.6 is 11.3 Å². The minimum absolute atomic E-state index is 0.0955. The van der Waals surface area contributed by atoms with Gasteiger partial charge in [0.05, 0.1) is 29.5 Å². The third kappa shape index (κ3) is 4.70. The number of esters is 1. The minimum Gasteiger partial charge on any atom is -0.495 e. The Labute approximate surface area is 223 Å². The Morgan fingerprint density at radius 2 is 1.76 bits per heavy atom. The van der Waals surface area contributed by atoms with Crippen LogP contribution in [0.15, 0.2) is 76.6 Å². The lowest BCUT2D eigenvalue weighted by molar-refractivity contribution is -0.141. The van der Waals surface area contributed by atoms with Gasteiger partial charge in [-0.25, -0.2) is 8.42 Å². The second-order valence-electron chi connectivity index (χ2n) is 8.60. The van der Waals surface area contributed by atoms with Crippen molar-refractivity contribution in [3.8, 4) is 5.75 Å². The van der Waals surface area contributed by atoms with E-state index >= 15 is 0 Å². The van der Waals surface area contributed by atoms with Crippen molar-refractivity contribution in [1.29, 1.82) is 0 Å². The van der Waals surface area contributed by atoms with Crippen molar-refractivity contribution in [3.63, 3.8) is 0 Å². The molecule has 1 aromatic heterocycles. The van der Waals surface area contributed by atoms with E-state index in [1.807, 2.05) is 36.4 Å². The van der Waals surface area contributed by atoms with Crippen LogP contribution in [0.2, 0.25) is 0 Å². The Bertz CT molecular complexity index is 1700. The van der Waals surface area contributed by atoms with Gasteiger partial charge in [-0.1, -0.05) is 35.6 Å². The number of nitrogens with zero attached hydrogens (tertiary/aromatic N) is 3. The minimum atomic E-state index is -3.80. The number of methoxy groups -OCH3 is 2.